The highest BCUT2D eigenvalue weighted by Gasteiger charge is 2.29. The monoisotopic (exact) mass is 367 g/mol. The minimum Gasteiger partial charge on any atom is -0.372 e. The fourth-order valence-corrected chi connectivity index (χ4v) is 4.27. The van der Waals surface area contributed by atoms with Crippen molar-refractivity contribution < 1.29 is 17.6 Å². The van der Waals surface area contributed by atoms with Gasteiger partial charge in [-0.1, -0.05) is 0 Å². The highest BCUT2D eigenvalue weighted by atomic mass is 32.2. The average Bonchev–Trinajstić information content (AvgIpc) is 2.59. The van der Waals surface area contributed by atoms with Gasteiger partial charge in [0.15, 0.2) is 0 Å². The van der Waals surface area contributed by atoms with Crippen LogP contribution in [0.1, 0.15) is 6.92 Å². The van der Waals surface area contributed by atoms with Gasteiger partial charge in [-0.25, -0.2) is 18.0 Å². The predicted molar refractivity (Wildman–Crippen MR) is 88.7 cm³/mol. The van der Waals surface area contributed by atoms with Gasteiger partial charge < -0.3 is 9.32 Å². The van der Waals surface area contributed by atoms with Crippen molar-refractivity contribution in [1.82, 2.24) is 13.8 Å². The molecule has 1 fully saturated rings. The smallest absolute Gasteiger partial charge is 0.372 e. The van der Waals surface area contributed by atoms with Gasteiger partial charge in [-0.3, -0.25) is 9.36 Å². The summed E-state index contributed by atoms with van der Waals surface area (Å²) in [5, 5.41) is 0.0190. The molecule has 0 spiro atoms. The van der Waals surface area contributed by atoms with E-state index in [0.29, 0.717) is 18.6 Å². The lowest BCUT2D eigenvalue weighted by Gasteiger charge is -2.33. The fourth-order valence-electron chi connectivity index (χ4n) is 2.83. The third-order valence-electron chi connectivity index (χ3n) is 4.32. The summed E-state index contributed by atoms with van der Waals surface area (Å²) in [6.45, 7) is 2.44. The Morgan fingerprint density at radius 2 is 1.76 bits per heavy atom. The molecule has 0 bridgehead atoms. The first kappa shape index (κ1) is 17.4. The SMILES string of the molecule is CC(=O)N1CCN(S(=O)(=O)c2ccc3c(c2)c(=O)oc(=O)n3C)CC1. The second-order valence-electron chi connectivity index (χ2n) is 5.80. The summed E-state index contributed by atoms with van der Waals surface area (Å²) in [7, 11) is -2.38. The van der Waals surface area contributed by atoms with Crippen molar-refractivity contribution in [3.05, 3.63) is 39.2 Å². The molecule has 25 heavy (non-hydrogen) atoms. The highest BCUT2D eigenvalue weighted by molar-refractivity contribution is 7.89. The van der Waals surface area contributed by atoms with Gasteiger partial charge in [0.05, 0.1) is 15.8 Å². The van der Waals surface area contributed by atoms with Crippen LogP contribution in [0.5, 0.6) is 0 Å². The quantitative estimate of drug-likeness (QED) is 0.697. The summed E-state index contributed by atoms with van der Waals surface area (Å²) in [6.07, 6.45) is 0. The standard InChI is InChI=1S/C15H17N3O6S/c1-10(19)17-5-7-18(8-6-17)25(22,23)11-3-4-13-12(9-11)14(20)24-15(21)16(13)2/h3-4,9H,5-8H2,1-2H3. The van der Waals surface area contributed by atoms with E-state index in [-0.39, 0.29) is 29.3 Å². The van der Waals surface area contributed by atoms with E-state index in [1.807, 2.05) is 0 Å². The van der Waals surface area contributed by atoms with Crippen molar-refractivity contribution in [3.8, 4) is 0 Å². The van der Waals surface area contributed by atoms with Crippen LogP contribution in [-0.2, 0) is 21.9 Å². The summed E-state index contributed by atoms with van der Waals surface area (Å²) in [6, 6.07) is 3.98. The first-order chi connectivity index (χ1) is 11.7. The Bertz CT molecular complexity index is 1060. The molecule has 2 aromatic rings. The second-order valence-corrected chi connectivity index (χ2v) is 7.74. The van der Waals surface area contributed by atoms with Crippen LogP contribution in [0.3, 0.4) is 0 Å². The largest absolute Gasteiger partial charge is 0.422 e. The van der Waals surface area contributed by atoms with Crippen LogP contribution in [0.4, 0.5) is 0 Å². The number of carbonyl (C=O) groups excluding carboxylic acids is 1. The maximum atomic E-state index is 12.8. The van der Waals surface area contributed by atoms with Gasteiger partial charge in [0.1, 0.15) is 0 Å². The van der Waals surface area contributed by atoms with Crippen LogP contribution in [0.15, 0.2) is 37.1 Å². The van der Waals surface area contributed by atoms with E-state index >= 15 is 0 Å². The number of nitrogens with zero attached hydrogens (tertiary/aromatic N) is 3. The molecule has 9 nitrogen and oxygen atoms in total. The van der Waals surface area contributed by atoms with Gasteiger partial charge in [-0.15, -0.1) is 0 Å². The van der Waals surface area contributed by atoms with E-state index in [0.717, 1.165) is 4.57 Å². The maximum Gasteiger partial charge on any atom is 0.422 e. The number of fused-ring (bicyclic) bond motifs is 1. The molecule has 0 radical (unpaired) electrons. The minimum atomic E-state index is -3.81. The molecule has 1 aliphatic rings. The molecule has 0 saturated carbocycles. The number of hydrogen-bond donors (Lipinski definition) is 0. The molecule has 0 atom stereocenters. The third kappa shape index (κ3) is 2.98. The Hall–Kier alpha value is -2.46. The molecule has 134 valence electrons. The number of piperazine rings is 1. The molecule has 3 rings (SSSR count). The first-order valence-electron chi connectivity index (χ1n) is 7.61. The van der Waals surface area contributed by atoms with E-state index in [9.17, 15) is 22.8 Å². The Morgan fingerprint density at radius 3 is 2.36 bits per heavy atom. The molecule has 0 aliphatic carbocycles. The van der Waals surface area contributed by atoms with Crippen molar-refractivity contribution in [3.63, 3.8) is 0 Å². The number of sulfonamides is 1. The predicted octanol–water partition coefficient (Wildman–Crippen LogP) is -0.655. The maximum absolute atomic E-state index is 12.8. The molecule has 10 heteroatoms. The van der Waals surface area contributed by atoms with Crippen LogP contribution < -0.4 is 11.4 Å². The van der Waals surface area contributed by atoms with E-state index in [1.54, 1.807) is 4.90 Å². The zero-order chi connectivity index (χ0) is 18.4. The molecule has 1 aliphatic heterocycles. The van der Waals surface area contributed by atoms with Crippen LogP contribution in [0, 0.1) is 0 Å². The number of amides is 1. The van der Waals surface area contributed by atoms with E-state index < -0.39 is 21.4 Å². The second kappa shape index (κ2) is 6.12. The van der Waals surface area contributed by atoms with E-state index in [1.165, 1.54) is 36.5 Å². The van der Waals surface area contributed by atoms with Crippen LogP contribution in [0.2, 0.25) is 0 Å². The molecule has 0 N–H and O–H groups in total. The van der Waals surface area contributed by atoms with Crippen LogP contribution in [-0.4, -0.2) is 54.3 Å². The number of rotatable bonds is 2. The van der Waals surface area contributed by atoms with E-state index in [2.05, 4.69) is 4.42 Å². The molecular formula is C15H17N3O6S. The lowest BCUT2D eigenvalue weighted by Crippen LogP contribution is -2.49. The summed E-state index contributed by atoms with van der Waals surface area (Å²) < 4.78 is 32.6. The molecule has 1 saturated heterocycles. The minimum absolute atomic E-state index is 0.0190. The average molecular weight is 367 g/mol. The molecular weight excluding hydrogens is 350 g/mol. The Morgan fingerprint density at radius 1 is 1.12 bits per heavy atom. The zero-order valence-corrected chi connectivity index (χ0v) is 14.6. The Balaban J connectivity index is 2.00. The van der Waals surface area contributed by atoms with Gasteiger partial charge >= 0.3 is 11.4 Å². The number of carbonyl (C=O) groups is 1. The molecule has 1 aromatic carbocycles. The Kier molecular flexibility index (Phi) is 4.25. The first-order valence-corrected chi connectivity index (χ1v) is 9.05. The van der Waals surface area contributed by atoms with Gasteiger partial charge in [0.2, 0.25) is 15.9 Å². The molecule has 1 amide bonds. The summed E-state index contributed by atoms with van der Waals surface area (Å²) in [5.41, 5.74) is -0.585. The normalized spacial score (nSPS) is 16.3. The van der Waals surface area contributed by atoms with Gasteiger partial charge in [0.25, 0.3) is 0 Å². The van der Waals surface area contributed by atoms with Crippen molar-refractivity contribution in [2.24, 2.45) is 7.05 Å². The summed E-state index contributed by atoms with van der Waals surface area (Å²) >= 11 is 0. The van der Waals surface area contributed by atoms with E-state index in [4.69, 9.17) is 0 Å². The topological polar surface area (TPSA) is 110 Å². The number of benzene rings is 1. The fraction of sp³-hybridized carbons (Fsp3) is 0.400. The van der Waals surface area contributed by atoms with Crippen molar-refractivity contribution in [1.29, 1.82) is 0 Å². The molecule has 0 unspecified atom stereocenters. The van der Waals surface area contributed by atoms with Crippen LogP contribution in [0.25, 0.3) is 10.9 Å². The third-order valence-corrected chi connectivity index (χ3v) is 6.22. The zero-order valence-electron chi connectivity index (χ0n) is 13.8. The van der Waals surface area contributed by atoms with Crippen LogP contribution >= 0.6 is 0 Å². The lowest BCUT2D eigenvalue weighted by molar-refractivity contribution is -0.129. The molecule has 2 heterocycles. The van der Waals surface area contributed by atoms with Gasteiger partial charge in [-0.05, 0) is 18.2 Å². The van der Waals surface area contributed by atoms with Crippen molar-refractivity contribution >= 4 is 26.8 Å². The lowest BCUT2D eigenvalue weighted by atomic mass is 10.2. The summed E-state index contributed by atoms with van der Waals surface area (Å²) in [5.74, 6) is -0.908. The Labute approximate surface area is 143 Å². The number of aryl methyl sites for hydroxylation is 1. The van der Waals surface area contributed by atoms with Crippen molar-refractivity contribution in [2.45, 2.75) is 11.8 Å². The highest BCUT2D eigenvalue weighted by Crippen LogP contribution is 2.20. The van der Waals surface area contributed by atoms with Gasteiger partial charge in [-0.2, -0.15) is 4.31 Å². The summed E-state index contributed by atoms with van der Waals surface area (Å²) in [4.78, 5) is 36.3. The van der Waals surface area contributed by atoms with Crippen molar-refractivity contribution in [2.75, 3.05) is 26.2 Å². The van der Waals surface area contributed by atoms with Gasteiger partial charge in [0, 0.05) is 40.2 Å². The number of aromatic nitrogens is 1. The molecule has 1 aromatic heterocycles. The number of hydrogen-bond acceptors (Lipinski definition) is 6.